The molecular weight excluding hydrogens is 335 g/mol. The van der Waals surface area contributed by atoms with Crippen LogP contribution in [-0.4, -0.2) is 6.54 Å². The largest absolute Gasteiger partial charge is 0.416 e. The Balaban J connectivity index is 2.08. The van der Waals surface area contributed by atoms with Crippen LogP contribution in [0.4, 0.5) is 13.2 Å². The van der Waals surface area contributed by atoms with Gasteiger partial charge in [0.25, 0.3) is 0 Å². The van der Waals surface area contributed by atoms with Crippen LogP contribution in [-0.2, 0) is 12.5 Å². The number of halogens is 3. The molecule has 1 nitrogen and oxygen atoms in total. The van der Waals surface area contributed by atoms with Crippen molar-refractivity contribution in [2.75, 3.05) is 6.54 Å². The number of benzene rings is 3. The van der Waals surface area contributed by atoms with Crippen molar-refractivity contribution in [2.45, 2.75) is 31.9 Å². The predicted molar refractivity (Wildman–Crippen MR) is 100 cm³/mol. The maximum absolute atomic E-state index is 13.1. The highest BCUT2D eigenvalue weighted by molar-refractivity contribution is 5.86. The summed E-state index contributed by atoms with van der Waals surface area (Å²) in [5, 5.41) is 1.72. The molecule has 3 aromatic carbocycles. The Bertz CT molecular complexity index is 1380. The highest BCUT2D eigenvalue weighted by Crippen LogP contribution is 2.29. The highest BCUT2D eigenvalue weighted by Gasteiger charge is 2.30. The van der Waals surface area contributed by atoms with E-state index in [1.807, 2.05) is 0 Å². The SMILES string of the molecule is [2H]c1c([2H])c([2H])c2c([C@H](NCCC([2H])([2H])c3cccc(C(F)(F)F)c3)C([2H])([2H])[2H])c([2H])c([2H])c([2H])c2c1[2H]. The van der Waals surface area contributed by atoms with Crippen molar-refractivity contribution in [1.29, 1.82) is 0 Å². The highest BCUT2D eigenvalue weighted by atomic mass is 19.4. The summed E-state index contributed by atoms with van der Waals surface area (Å²) < 4.78 is 137. The maximum atomic E-state index is 13.1. The zero-order valence-electron chi connectivity index (χ0n) is 25.4. The van der Waals surface area contributed by atoms with Crippen molar-refractivity contribution in [2.24, 2.45) is 0 Å². The topological polar surface area (TPSA) is 12.0 Å². The van der Waals surface area contributed by atoms with Crippen LogP contribution in [0, 0.1) is 0 Å². The minimum absolute atomic E-state index is 0.285. The third-order valence-corrected chi connectivity index (χ3v) is 3.62. The third kappa shape index (κ3) is 4.44. The fourth-order valence-electron chi connectivity index (χ4n) is 2.38. The van der Waals surface area contributed by atoms with E-state index >= 15 is 0 Å². The molecule has 1 atom stereocenters. The lowest BCUT2D eigenvalue weighted by Crippen LogP contribution is -2.20. The lowest BCUT2D eigenvalue weighted by molar-refractivity contribution is -0.137. The van der Waals surface area contributed by atoms with Gasteiger partial charge in [0.15, 0.2) is 0 Å². The Morgan fingerprint density at radius 2 is 1.96 bits per heavy atom. The minimum atomic E-state index is -4.69. The van der Waals surface area contributed by atoms with Gasteiger partial charge in [-0.3, -0.25) is 0 Å². The van der Waals surface area contributed by atoms with Crippen molar-refractivity contribution in [3.8, 4) is 0 Å². The van der Waals surface area contributed by atoms with E-state index in [-0.39, 0.29) is 5.56 Å². The molecule has 0 saturated heterocycles. The maximum Gasteiger partial charge on any atom is 0.416 e. The second-order valence-electron chi connectivity index (χ2n) is 5.43. The van der Waals surface area contributed by atoms with Gasteiger partial charge in [-0.25, -0.2) is 0 Å². The lowest BCUT2D eigenvalue weighted by Gasteiger charge is -2.17. The first-order valence-electron chi connectivity index (χ1n) is 13.7. The summed E-state index contributed by atoms with van der Waals surface area (Å²) in [7, 11) is 0. The molecule has 1 N–H and O–H groups in total. The van der Waals surface area contributed by atoms with Crippen LogP contribution in [0.2, 0.25) is 0 Å². The van der Waals surface area contributed by atoms with E-state index in [1.54, 1.807) is 0 Å². The third-order valence-electron chi connectivity index (χ3n) is 3.62. The van der Waals surface area contributed by atoms with Crippen LogP contribution in [0.5, 0.6) is 0 Å². The number of aryl methyl sites for hydroxylation is 1. The summed E-state index contributed by atoms with van der Waals surface area (Å²) in [6.07, 6.45) is -7.51. The number of hydrogen-bond acceptors (Lipinski definition) is 1. The summed E-state index contributed by atoms with van der Waals surface area (Å²) >= 11 is 0. The molecule has 0 aliphatic heterocycles. The molecule has 0 spiro atoms. The molecule has 0 unspecified atom stereocenters. The number of nitrogens with one attached hydrogen (secondary N) is 1. The second kappa shape index (κ2) is 7.92. The van der Waals surface area contributed by atoms with Crippen LogP contribution >= 0.6 is 0 Å². The van der Waals surface area contributed by atoms with Crippen LogP contribution in [0.15, 0.2) is 66.6 Å². The van der Waals surface area contributed by atoms with E-state index < -0.39 is 103 Å². The fraction of sp³-hybridized carbons (Fsp3) is 0.273. The van der Waals surface area contributed by atoms with Gasteiger partial charge in [0.05, 0.1) is 15.2 Å². The van der Waals surface area contributed by atoms with E-state index in [9.17, 15) is 13.2 Å². The molecule has 3 aromatic rings. The molecule has 0 amide bonds. The van der Waals surface area contributed by atoms with E-state index in [2.05, 4.69) is 5.32 Å². The van der Waals surface area contributed by atoms with Gasteiger partial charge in [-0.05, 0) is 54.2 Å². The average Bonchev–Trinajstić information content (AvgIpc) is 2.82. The molecule has 3 rings (SSSR count). The van der Waals surface area contributed by atoms with Gasteiger partial charge in [0.2, 0.25) is 0 Å². The van der Waals surface area contributed by atoms with Gasteiger partial charge in [-0.2, -0.15) is 13.2 Å². The zero-order valence-corrected chi connectivity index (χ0v) is 13.4. The normalized spacial score (nSPS) is 20.7. The van der Waals surface area contributed by atoms with Crippen LogP contribution in [0.1, 0.15) is 52.5 Å². The first kappa shape index (κ1) is 8.57. The van der Waals surface area contributed by atoms with Gasteiger partial charge < -0.3 is 5.32 Å². The fourth-order valence-corrected chi connectivity index (χ4v) is 2.38. The van der Waals surface area contributed by atoms with Crippen molar-refractivity contribution < 1.29 is 29.6 Å². The van der Waals surface area contributed by atoms with Crippen molar-refractivity contribution in [3.05, 3.63) is 83.3 Å². The Labute approximate surface area is 168 Å². The monoisotopic (exact) mass is 369 g/mol. The quantitative estimate of drug-likeness (QED) is 0.550. The number of alkyl halides is 3. The first-order chi connectivity index (χ1) is 17.3. The Kier molecular flexibility index (Phi) is 2.61. The predicted octanol–water partition coefficient (Wildman–Crippen LogP) is 6.14. The molecule has 0 radical (unpaired) electrons. The molecule has 0 bridgehead atoms. The van der Waals surface area contributed by atoms with E-state index in [0.29, 0.717) is 6.07 Å². The lowest BCUT2D eigenvalue weighted by atomic mass is 9.99. The molecule has 0 aromatic heterocycles. The molecule has 4 heteroatoms. The molecule has 0 aliphatic rings. The van der Waals surface area contributed by atoms with Crippen LogP contribution in [0.25, 0.3) is 10.8 Å². The molecule has 136 valence electrons. The van der Waals surface area contributed by atoms with Crippen LogP contribution < -0.4 is 5.32 Å². The number of rotatable bonds is 6. The van der Waals surface area contributed by atoms with Gasteiger partial charge in [0, 0.05) is 12.9 Å². The summed E-state index contributed by atoms with van der Waals surface area (Å²) in [5.74, 6) is 0. The van der Waals surface area contributed by atoms with E-state index in [0.717, 1.165) is 12.1 Å². The van der Waals surface area contributed by atoms with Crippen LogP contribution in [0.3, 0.4) is 0 Å². The zero-order chi connectivity index (χ0) is 29.0. The van der Waals surface area contributed by atoms with E-state index in [4.69, 9.17) is 16.4 Å². The summed E-state index contributed by atoms with van der Waals surface area (Å²) in [6.45, 7) is -3.38. The number of hydrogen-bond donors (Lipinski definition) is 1. The summed E-state index contributed by atoms with van der Waals surface area (Å²) in [4.78, 5) is 0. The van der Waals surface area contributed by atoms with Gasteiger partial charge in [0.1, 0.15) is 0 Å². The van der Waals surface area contributed by atoms with Crippen molar-refractivity contribution in [3.63, 3.8) is 0 Å². The Hall–Kier alpha value is -2.33. The standard InChI is InChI=1S/C22H22F3N/c1-16(20-13-5-10-18-9-2-3-12-21(18)20)26-14-6-8-17-7-4-11-19(15-17)22(23,24)25/h2-5,7,9-13,15-16,26H,6,8,14H2,1H3/t16-/m1/s1/i1D3,2D,3D,5D,8D2,9D,10D,12D,13D. The van der Waals surface area contributed by atoms with Crippen molar-refractivity contribution in [1.82, 2.24) is 5.32 Å². The molecule has 0 saturated carbocycles. The molecular formula is C22H22F3N. The summed E-state index contributed by atoms with van der Waals surface area (Å²) in [5.41, 5.74) is -1.81. The summed E-state index contributed by atoms with van der Waals surface area (Å²) in [6, 6.07) is -3.14. The minimum Gasteiger partial charge on any atom is -0.310 e. The Morgan fingerprint density at radius 1 is 1.15 bits per heavy atom. The van der Waals surface area contributed by atoms with E-state index in [1.165, 1.54) is 6.07 Å². The smallest absolute Gasteiger partial charge is 0.310 e. The average molecular weight is 369 g/mol. The number of fused-ring (bicyclic) bond motifs is 1. The molecule has 0 aliphatic carbocycles. The Morgan fingerprint density at radius 3 is 2.77 bits per heavy atom. The van der Waals surface area contributed by atoms with Crippen molar-refractivity contribution >= 4 is 10.8 Å². The van der Waals surface area contributed by atoms with Gasteiger partial charge in [-0.15, -0.1) is 0 Å². The first-order valence-corrected chi connectivity index (χ1v) is 7.71. The molecule has 0 heterocycles. The molecule has 0 fully saturated rings. The second-order valence-corrected chi connectivity index (χ2v) is 5.43. The van der Waals surface area contributed by atoms with Gasteiger partial charge in [-0.1, -0.05) is 60.5 Å². The molecule has 26 heavy (non-hydrogen) atoms. The van der Waals surface area contributed by atoms with Gasteiger partial charge >= 0.3 is 6.18 Å².